The molecule has 0 unspecified atom stereocenters. The molecular weight excluding hydrogens is 528 g/mol. The van der Waals surface area contributed by atoms with E-state index < -0.39 is 0 Å². The highest BCUT2D eigenvalue weighted by molar-refractivity contribution is 5.85. The highest BCUT2D eigenvalue weighted by Crippen LogP contribution is 2.33. The first-order valence-electron chi connectivity index (χ1n) is 14.6. The summed E-state index contributed by atoms with van der Waals surface area (Å²) in [5, 5.41) is 20.8. The van der Waals surface area contributed by atoms with Crippen LogP contribution in [0.1, 0.15) is 30.9 Å². The van der Waals surface area contributed by atoms with Crippen LogP contribution >= 0.6 is 0 Å². The van der Waals surface area contributed by atoms with Gasteiger partial charge in [-0.05, 0) is 49.9 Å². The molecule has 5 heterocycles. The van der Waals surface area contributed by atoms with Gasteiger partial charge in [-0.3, -0.25) is 0 Å². The van der Waals surface area contributed by atoms with Crippen LogP contribution in [-0.4, -0.2) is 76.9 Å². The zero-order chi connectivity index (χ0) is 28.9. The van der Waals surface area contributed by atoms with E-state index in [4.69, 9.17) is 9.72 Å². The van der Waals surface area contributed by atoms with Crippen molar-refractivity contribution in [3.05, 3.63) is 78.2 Å². The van der Waals surface area contributed by atoms with E-state index in [1.54, 1.807) is 16.9 Å². The number of piperidine rings is 1. The molecule has 2 amide bonds. The smallest absolute Gasteiger partial charge is 0.317 e. The third kappa shape index (κ3) is 5.74. The van der Waals surface area contributed by atoms with Gasteiger partial charge < -0.3 is 25.2 Å². The Morgan fingerprint density at radius 2 is 1.88 bits per heavy atom. The Morgan fingerprint density at radius 1 is 1.10 bits per heavy atom. The Hall–Kier alpha value is -4.62. The molecule has 2 saturated heterocycles. The van der Waals surface area contributed by atoms with Crippen LogP contribution in [0, 0.1) is 11.3 Å². The normalized spacial score (nSPS) is 16.7. The number of urea groups is 1. The molecule has 2 N–H and O–H groups in total. The molecule has 3 aromatic heterocycles. The zero-order valence-electron chi connectivity index (χ0n) is 23.9. The predicted octanol–water partition coefficient (Wildman–Crippen LogP) is 3.86. The van der Waals surface area contributed by atoms with E-state index in [1.807, 2.05) is 42.3 Å². The van der Waals surface area contributed by atoms with Gasteiger partial charge in [0.2, 0.25) is 0 Å². The van der Waals surface area contributed by atoms with E-state index in [-0.39, 0.29) is 11.6 Å². The van der Waals surface area contributed by atoms with Gasteiger partial charge in [0, 0.05) is 62.1 Å². The summed E-state index contributed by atoms with van der Waals surface area (Å²) < 4.78 is 7.45. The molecule has 216 valence electrons. The monoisotopic (exact) mass is 564 g/mol. The van der Waals surface area contributed by atoms with Gasteiger partial charge in [0.15, 0.2) is 0 Å². The first-order valence-corrected chi connectivity index (χ1v) is 14.6. The van der Waals surface area contributed by atoms with Gasteiger partial charge in [-0.1, -0.05) is 30.3 Å². The molecule has 42 heavy (non-hydrogen) atoms. The summed E-state index contributed by atoms with van der Waals surface area (Å²) in [6.45, 7) is 7.15. The van der Waals surface area contributed by atoms with Crippen molar-refractivity contribution in [1.29, 1.82) is 5.26 Å². The molecule has 4 aromatic rings. The van der Waals surface area contributed by atoms with Crippen LogP contribution in [-0.2, 0) is 6.42 Å². The molecule has 0 bridgehead atoms. The topological polar surface area (TPSA) is 111 Å². The maximum atomic E-state index is 13.3. The van der Waals surface area contributed by atoms with Gasteiger partial charge in [-0.15, -0.1) is 0 Å². The van der Waals surface area contributed by atoms with Gasteiger partial charge in [-0.2, -0.15) is 10.4 Å². The first kappa shape index (κ1) is 27.5. The fourth-order valence-electron chi connectivity index (χ4n) is 6.05. The van der Waals surface area contributed by atoms with E-state index in [9.17, 15) is 10.1 Å². The van der Waals surface area contributed by atoms with Crippen LogP contribution < -0.4 is 20.3 Å². The molecule has 0 saturated carbocycles. The van der Waals surface area contributed by atoms with Crippen molar-refractivity contribution in [3.63, 3.8) is 0 Å². The van der Waals surface area contributed by atoms with Crippen molar-refractivity contribution in [3.8, 4) is 22.9 Å². The second kappa shape index (κ2) is 12.1. The quantitative estimate of drug-likeness (QED) is 0.351. The van der Waals surface area contributed by atoms with E-state index >= 15 is 0 Å². The summed E-state index contributed by atoms with van der Waals surface area (Å²) in [7, 11) is 0. The molecule has 0 atom stereocenters. The number of benzene rings is 1. The SMILES string of the molecule is CCOc1cc(-c2ccc(N3CCC(Cc4ccccc4)(NC(=O)N4CCNCC4)CC3)nc2)c2c(C#N)cnn2c1. The summed E-state index contributed by atoms with van der Waals surface area (Å²) in [6.07, 6.45) is 7.66. The first-order chi connectivity index (χ1) is 20.6. The minimum absolute atomic E-state index is 0.0283. The Labute approximate surface area is 245 Å². The molecule has 0 spiro atoms. The number of carbonyl (C=O) groups excluding carboxylic acids is 1. The molecule has 10 nitrogen and oxygen atoms in total. The molecule has 2 fully saturated rings. The number of anilines is 1. The van der Waals surface area contributed by atoms with Crippen LogP contribution in [0.5, 0.6) is 5.75 Å². The van der Waals surface area contributed by atoms with Crippen LogP contribution in [0.25, 0.3) is 16.6 Å². The van der Waals surface area contributed by atoms with Gasteiger partial charge in [0.1, 0.15) is 17.6 Å². The highest BCUT2D eigenvalue weighted by atomic mass is 16.5. The van der Waals surface area contributed by atoms with E-state index in [2.05, 4.69) is 51.0 Å². The van der Waals surface area contributed by atoms with Crippen molar-refractivity contribution < 1.29 is 9.53 Å². The van der Waals surface area contributed by atoms with Crippen molar-refractivity contribution >= 4 is 17.4 Å². The number of nitrogens with one attached hydrogen (secondary N) is 2. The molecule has 10 heteroatoms. The summed E-state index contributed by atoms with van der Waals surface area (Å²) in [4.78, 5) is 22.3. The number of aromatic nitrogens is 3. The maximum absolute atomic E-state index is 13.3. The number of fused-ring (bicyclic) bond motifs is 1. The maximum Gasteiger partial charge on any atom is 0.317 e. The second-order valence-corrected chi connectivity index (χ2v) is 11.0. The molecule has 0 radical (unpaired) electrons. The van der Waals surface area contributed by atoms with Crippen molar-refractivity contribution in [2.45, 2.75) is 31.7 Å². The van der Waals surface area contributed by atoms with Crippen molar-refractivity contribution in [2.24, 2.45) is 0 Å². The molecule has 6 rings (SSSR count). The number of amides is 2. The number of rotatable bonds is 7. The van der Waals surface area contributed by atoms with E-state index in [1.165, 1.54) is 5.56 Å². The number of hydrogen-bond acceptors (Lipinski definition) is 7. The average molecular weight is 565 g/mol. The molecule has 2 aliphatic heterocycles. The summed E-state index contributed by atoms with van der Waals surface area (Å²) in [6, 6.07) is 18.7. The van der Waals surface area contributed by atoms with Gasteiger partial charge >= 0.3 is 6.03 Å². The Balaban J connectivity index is 1.21. The van der Waals surface area contributed by atoms with Gasteiger partial charge in [0.05, 0.1) is 30.1 Å². The average Bonchev–Trinajstić information content (AvgIpc) is 3.45. The Bertz CT molecular complexity index is 1560. The number of pyridine rings is 2. The van der Waals surface area contributed by atoms with Crippen LogP contribution in [0.15, 0.2) is 67.1 Å². The minimum atomic E-state index is -0.319. The number of carbonyl (C=O) groups is 1. The van der Waals surface area contributed by atoms with Crippen LogP contribution in [0.3, 0.4) is 0 Å². The number of hydrogen-bond donors (Lipinski definition) is 2. The zero-order valence-corrected chi connectivity index (χ0v) is 23.9. The number of piperazine rings is 1. The third-order valence-corrected chi connectivity index (χ3v) is 8.28. The van der Waals surface area contributed by atoms with Crippen molar-refractivity contribution in [1.82, 2.24) is 30.1 Å². The summed E-state index contributed by atoms with van der Waals surface area (Å²) >= 11 is 0. The Morgan fingerprint density at radius 3 is 2.57 bits per heavy atom. The lowest BCUT2D eigenvalue weighted by Gasteiger charge is -2.44. The molecule has 2 aliphatic rings. The largest absolute Gasteiger partial charge is 0.492 e. The van der Waals surface area contributed by atoms with Crippen LogP contribution in [0.2, 0.25) is 0 Å². The summed E-state index contributed by atoms with van der Waals surface area (Å²) in [5.41, 5.74) is 3.89. The lowest BCUT2D eigenvalue weighted by atomic mass is 9.81. The lowest BCUT2D eigenvalue weighted by molar-refractivity contribution is 0.166. The molecule has 1 aromatic carbocycles. The predicted molar refractivity (Wildman–Crippen MR) is 162 cm³/mol. The van der Waals surface area contributed by atoms with E-state index in [0.717, 1.165) is 81.0 Å². The van der Waals surface area contributed by atoms with Crippen LogP contribution in [0.4, 0.5) is 10.6 Å². The van der Waals surface area contributed by atoms with Gasteiger partial charge in [0.25, 0.3) is 0 Å². The second-order valence-electron chi connectivity index (χ2n) is 11.0. The number of ether oxygens (including phenoxy) is 1. The number of nitriles is 1. The van der Waals surface area contributed by atoms with Crippen molar-refractivity contribution in [2.75, 3.05) is 50.8 Å². The molecular formula is C32H36N8O2. The Kier molecular flexibility index (Phi) is 7.93. The fraction of sp³-hybridized carbons (Fsp3) is 0.375. The minimum Gasteiger partial charge on any atom is -0.492 e. The van der Waals surface area contributed by atoms with E-state index in [0.29, 0.717) is 17.9 Å². The molecule has 0 aliphatic carbocycles. The standard InChI is InChI=1S/C32H36N8O2/c1-2-42-27-18-28(30-26(20-33)22-36-40(30)23-27)25-8-9-29(35-21-25)38-14-10-32(11-15-38,19-24-6-4-3-5-7-24)37-31(41)39-16-12-34-13-17-39/h3-9,18,21-23,34H,2,10-17,19H2,1H3,(H,37,41). The lowest BCUT2D eigenvalue weighted by Crippen LogP contribution is -2.61. The number of nitrogens with zero attached hydrogens (tertiary/aromatic N) is 6. The van der Waals surface area contributed by atoms with Gasteiger partial charge in [-0.25, -0.2) is 14.3 Å². The third-order valence-electron chi connectivity index (χ3n) is 8.28. The highest BCUT2D eigenvalue weighted by Gasteiger charge is 2.37. The summed E-state index contributed by atoms with van der Waals surface area (Å²) in [5.74, 6) is 1.58. The fourth-order valence-corrected chi connectivity index (χ4v) is 6.05.